The van der Waals surface area contributed by atoms with Gasteiger partial charge in [0.2, 0.25) is 4.90 Å². The molecule has 0 amide bonds. The molecule has 8 aromatic carbocycles. The molecule has 8 rings (SSSR count). The highest BCUT2D eigenvalue weighted by Crippen LogP contribution is 2.42. The third-order valence-electron chi connectivity index (χ3n) is 13.2. The molecule has 0 spiro atoms. The largest absolute Gasteiger partial charge is 0.491 e. The SMILES string of the molecule is FC(F)(F)c1cc([B-](c2cc(C(F)(F)F)cc(C(F)(F)F)c2)(c2cc(C(F)(F)F)cc(C(F)(F)F)c2)c2cc(C(F)(F)F)cc(C(F)(F)F)c2)cc(C(F)(F)F)c1.c1ccc(OCCOCCOc2ccccc2[S+](c2ccccc2)c2ccccc2)cc1. The Labute approximate surface area is 491 Å². The monoisotopic (exact) mass is 1310 g/mol. The summed E-state index contributed by atoms with van der Waals surface area (Å²) in [5, 5.41) is 0. The van der Waals surface area contributed by atoms with Crippen molar-refractivity contribution in [2.75, 3.05) is 26.4 Å². The molecule has 0 saturated carbocycles. The van der Waals surface area contributed by atoms with Crippen LogP contribution in [0.2, 0.25) is 0 Å². The summed E-state index contributed by atoms with van der Waals surface area (Å²) >= 11 is 0. The van der Waals surface area contributed by atoms with Crippen LogP contribution >= 0.6 is 0 Å². The van der Waals surface area contributed by atoms with Crippen LogP contribution in [-0.2, 0) is 65.0 Å². The van der Waals surface area contributed by atoms with Crippen molar-refractivity contribution in [2.24, 2.45) is 0 Å². The Balaban J connectivity index is 0.000000296. The van der Waals surface area contributed by atoms with Gasteiger partial charge in [0.05, 0.1) is 57.7 Å². The van der Waals surface area contributed by atoms with Gasteiger partial charge in [0, 0.05) is 0 Å². The number of alkyl halides is 24. The molecule has 0 heterocycles. The summed E-state index contributed by atoms with van der Waals surface area (Å²) in [5.41, 5.74) is -30.2. The second-order valence-electron chi connectivity index (χ2n) is 19.2. The lowest BCUT2D eigenvalue weighted by molar-refractivity contribution is -0.144. The smallest absolute Gasteiger partial charge is 0.416 e. The molecule has 0 aliphatic carbocycles. The number of benzene rings is 8. The molecular weight excluding hydrogens is 1270 g/mol. The number of halogens is 24. The van der Waals surface area contributed by atoms with Crippen molar-refractivity contribution in [3.05, 3.63) is 233 Å². The molecule has 0 atom stereocenters. The molecule has 474 valence electrons. The van der Waals surface area contributed by atoms with E-state index in [0.717, 1.165) is 11.5 Å². The van der Waals surface area contributed by atoms with Gasteiger partial charge in [-0.25, -0.2) is 0 Å². The molecule has 0 fully saturated rings. The average molecular weight is 1310 g/mol. The predicted molar refractivity (Wildman–Crippen MR) is 280 cm³/mol. The molecule has 0 saturated heterocycles. The number of para-hydroxylation sites is 2. The second kappa shape index (κ2) is 26.3. The summed E-state index contributed by atoms with van der Waals surface area (Å²) in [7, 11) is -0.243. The minimum Gasteiger partial charge on any atom is -0.491 e. The van der Waals surface area contributed by atoms with Crippen molar-refractivity contribution in [3.8, 4) is 11.5 Å². The standard InChI is InChI=1S/C32H12BF24.C28H27O3S/c34-25(35,36)13-1-14(26(37,38)39)6-21(5-13)33(22-7-15(27(40,41)42)2-16(8-22)28(43,44)45,23-9-17(29(46,47)48)3-18(10-23)30(49,50)51)24-11-19(31(52,53)54)4-20(12-24)32(55,56)57;1-4-12-24(13-5-1)30-22-20-29-21-23-31-27-18-10-11-19-28(27)32(25-14-6-2-7-15-25)26-16-8-3-9-17-26/h1-12H;1-19H,20-23H2/q-1;+1. The van der Waals surface area contributed by atoms with Crippen molar-refractivity contribution >= 4 is 38.9 Å². The van der Waals surface area contributed by atoms with Gasteiger partial charge >= 0.3 is 49.4 Å². The maximum Gasteiger partial charge on any atom is 0.416 e. The highest BCUT2D eigenvalue weighted by molar-refractivity contribution is 7.97. The van der Waals surface area contributed by atoms with Gasteiger partial charge in [-0.2, -0.15) is 127 Å². The molecule has 0 N–H and O–H groups in total. The molecule has 29 heteroatoms. The Bertz CT molecular complexity index is 3190. The van der Waals surface area contributed by atoms with E-state index in [0.29, 0.717) is 26.4 Å². The topological polar surface area (TPSA) is 27.7 Å². The molecular formula is C60H39BF24O3S. The Morgan fingerprint density at radius 2 is 0.517 bits per heavy atom. The minimum atomic E-state index is -6.13. The lowest BCUT2D eigenvalue weighted by atomic mass is 9.12. The van der Waals surface area contributed by atoms with Crippen molar-refractivity contribution in [1.29, 1.82) is 0 Å². The third kappa shape index (κ3) is 17.1. The number of rotatable bonds is 15. The van der Waals surface area contributed by atoms with Gasteiger partial charge < -0.3 is 14.2 Å². The number of hydrogen-bond donors (Lipinski definition) is 0. The zero-order chi connectivity index (χ0) is 65.8. The highest BCUT2D eigenvalue weighted by Gasteiger charge is 2.47. The Kier molecular flexibility index (Phi) is 20.2. The highest BCUT2D eigenvalue weighted by atomic mass is 32.2. The maximum atomic E-state index is 14.2. The lowest BCUT2D eigenvalue weighted by Crippen LogP contribution is -2.75. The van der Waals surface area contributed by atoms with Crippen molar-refractivity contribution in [2.45, 2.75) is 64.1 Å². The van der Waals surface area contributed by atoms with Crippen molar-refractivity contribution < 1.29 is 120 Å². The number of hydrogen-bond acceptors (Lipinski definition) is 3. The first kappa shape index (κ1) is 68.5. The molecule has 3 nitrogen and oxygen atoms in total. The van der Waals surface area contributed by atoms with Crippen LogP contribution in [0.3, 0.4) is 0 Å². The van der Waals surface area contributed by atoms with Gasteiger partial charge in [-0.15, -0.1) is 0 Å². The van der Waals surface area contributed by atoms with Crippen LogP contribution in [0.1, 0.15) is 44.5 Å². The molecule has 0 unspecified atom stereocenters. The van der Waals surface area contributed by atoms with E-state index in [-0.39, 0.29) is 10.9 Å². The summed E-state index contributed by atoms with van der Waals surface area (Å²) in [5.74, 6) is 1.75. The van der Waals surface area contributed by atoms with Gasteiger partial charge in [0.25, 0.3) is 0 Å². The minimum absolute atomic E-state index is 0.243. The Hall–Kier alpha value is -7.95. The fourth-order valence-corrected chi connectivity index (χ4v) is 11.5. The second-order valence-corrected chi connectivity index (χ2v) is 21.2. The van der Waals surface area contributed by atoms with Crippen molar-refractivity contribution in [3.63, 3.8) is 0 Å². The van der Waals surface area contributed by atoms with Gasteiger partial charge in [-0.1, -0.05) is 115 Å². The van der Waals surface area contributed by atoms with Crippen LogP contribution < -0.4 is 31.3 Å². The van der Waals surface area contributed by atoms with Crippen LogP contribution in [0.4, 0.5) is 105 Å². The third-order valence-corrected chi connectivity index (χ3v) is 15.5. The van der Waals surface area contributed by atoms with E-state index in [1.165, 1.54) is 14.7 Å². The fraction of sp³-hybridized carbons (Fsp3) is 0.200. The summed E-state index contributed by atoms with van der Waals surface area (Å²) < 4.78 is 358. The molecule has 0 aliphatic heterocycles. The molecule has 89 heavy (non-hydrogen) atoms. The zero-order valence-electron chi connectivity index (χ0n) is 44.5. The van der Waals surface area contributed by atoms with Crippen LogP contribution in [-0.4, -0.2) is 32.6 Å². The lowest BCUT2D eigenvalue weighted by Gasteiger charge is -2.46. The van der Waals surface area contributed by atoms with Crippen molar-refractivity contribution in [1.82, 2.24) is 0 Å². The maximum absolute atomic E-state index is 14.2. The van der Waals surface area contributed by atoms with Crippen LogP contribution in [0.25, 0.3) is 0 Å². The van der Waals surface area contributed by atoms with Gasteiger partial charge in [0.1, 0.15) is 36.0 Å². The molecule has 0 bridgehead atoms. The molecule has 0 radical (unpaired) electrons. The first-order valence-electron chi connectivity index (χ1n) is 25.4. The van der Waals surface area contributed by atoms with E-state index in [2.05, 4.69) is 72.8 Å². The predicted octanol–water partition coefficient (Wildman–Crippen LogP) is 17.5. The summed E-state index contributed by atoms with van der Waals surface area (Å²) in [6.45, 7) is 2.05. The summed E-state index contributed by atoms with van der Waals surface area (Å²) in [4.78, 5) is 3.71. The van der Waals surface area contributed by atoms with E-state index in [1.807, 2.05) is 42.5 Å². The Morgan fingerprint density at radius 3 is 0.798 bits per heavy atom. The molecule has 8 aromatic rings. The van der Waals surface area contributed by atoms with Gasteiger partial charge in [-0.3, -0.25) is 0 Å². The van der Waals surface area contributed by atoms with Crippen LogP contribution in [0, 0.1) is 0 Å². The molecule has 0 aromatic heterocycles. The summed E-state index contributed by atoms with van der Waals surface area (Å²) in [6, 6.07) is 30.5. The van der Waals surface area contributed by atoms with Crippen LogP contribution in [0.15, 0.2) is 203 Å². The Morgan fingerprint density at radius 1 is 0.270 bits per heavy atom. The molecule has 0 aliphatic rings. The first-order chi connectivity index (χ1) is 41.2. The quantitative estimate of drug-likeness (QED) is 0.0443. The average Bonchev–Trinajstić information content (AvgIpc) is 0.715. The normalized spacial score (nSPS) is 13.0. The number of ether oxygens (including phenoxy) is 3. The zero-order valence-corrected chi connectivity index (χ0v) is 45.3. The van der Waals surface area contributed by atoms with E-state index < -0.39 is 195 Å². The summed E-state index contributed by atoms with van der Waals surface area (Å²) in [6.07, 6.45) is -54.8. The van der Waals surface area contributed by atoms with E-state index >= 15 is 0 Å². The van der Waals surface area contributed by atoms with Gasteiger partial charge in [-0.05, 0) is 72.8 Å². The van der Waals surface area contributed by atoms with E-state index in [9.17, 15) is 105 Å². The fourth-order valence-electron chi connectivity index (χ4n) is 9.36. The van der Waals surface area contributed by atoms with Crippen LogP contribution in [0.5, 0.6) is 11.5 Å². The first-order valence-corrected chi connectivity index (χ1v) is 26.6. The van der Waals surface area contributed by atoms with E-state index in [1.54, 1.807) is 0 Å². The van der Waals surface area contributed by atoms with Gasteiger partial charge in [0.15, 0.2) is 15.5 Å². The van der Waals surface area contributed by atoms with E-state index in [4.69, 9.17) is 14.2 Å².